The molecule has 0 aliphatic carbocycles. The van der Waals surface area contributed by atoms with Crippen LogP contribution >= 0.6 is 11.3 Å². The van der Waals surface area contributed by atoms with Crippen molar-refractivity contribution in [2.45, 2.75) is 19.3 Å². The number of amides is 3. The van der Waals surface area contributed by atoms with E-state index in [4.69, 9.17) is 4.74 Å². The van der Waals surface area contributed by atoms with E-state index in [9.17, 15) is 23.2 Å². The molecule has 0 unspecified atom stereocenters. The van der Waals surface area contributed by atoms with Gasteiger partial charge in [-0.1, -0.05) is 11.3 Å². The van der Waals surface area contributed by atoms with Crippen LogP contribution in [0.15, 0.2) is 42.5 Å². The standard InChI is InChI=1S/C24H23F2N5O4S/c1-35-17-5-3-16(4-6-17)27-21(33)22-29-30-23(36-22)24(34)31-10-8-14(9-11-31)12-20(32)28-19-7-2-15(25)13-18(19)26/h2-7,13-14H,8-12H2,1H3,(H,27,33)(H,28,32). The maximum atomic E-state index is 13.7. The number of rotatable bonds is 7. The van der Waals surface area contributed by atoms with E-state index >= 15 is 0 Å². The fourth-order valence-corrected chi connectivity index (χ4v) is 4.50. The van der Waals surface area contributed by atoms with E-state index in [0.717, 1.165) is 17.4 Å². The predicted molar refractivity (Wildman–Crippen MR) is 129 cm³/mol. The van der Waals surface area contributed by atoms with Gasteiger partial charge in [-0.15, -0.1) is 10.2 Å². The van der Waals surface area contributed by atoms with E-state index in [1.54, 1.807) is 36.3 Å². The van der Waals surface area contributed by atoms with Gasteiger partial charge in [0, 0.05) is 31.3 Å². The second kappa shape index (κ2) is 11.2. The van der Waals surface area contributed by atoms with Crippen molar-refractivity contribution in [3.05, 3.63) is 64.1 Å². The number of carbonyl (C=O) groups is 3. The molecule has 9 nitrogen and oxygen atoms in total. The van der Waals surface area contributed by atoms with Crippen molar-refractivity contribution in [1.82, 2.24) is 15.1 Å². The second-order valence-electron chi connectivity index (χ2n) is 8.21. The normalized spacial score (nSPS) is 13.8. The summed E-state index contributed by atoms with van der Waals surface area (Å²) in [6, 6.07) is 9.75. The molecule has 0 bridgehead atoms. The van der Waals surface area contributed by atoms with Gasteiger partial charge in [0.15, 0.2) is 0 Å². The lowest BCUT2D eigenvalue weighted by molar-refractivity contribution is -0.117. The average Bonchev–Trinajstić information content (AvgIpc) is 3.37. The number of ether oxygens (including phenoxy) is 1. The van der Waals surface area contributed by atoms with Gasteiger partial charge in [0.25, 0.3) is 11.8 Å². The van der Waals surface area contributed by atoms with E-state index < -0.39 is 17.5 Å². The van der Waals surface area contributed by atoms with Crippen LogP contribution in [0.2, 0.25) is 0 Å². The Bertz CT molecular complexity index is 1260. The zero-order valence-corrected chi connectivity index (χ0v) is 20.1. The monoisotopic (exact) mass is 515 g/mol. The third kappa shape index (κ3) is 6.19. The minimum Gasteiger partial charge on any atom is -0.497 e. The molecule has 2 aromatic carbocycles. The Hall–Kier alpha value is -3.93. The first-order valence-corrected chi connectivity index (χ1v) is 12.0. The second-order valence-corrected chi connectivity index (χ2v) is 9.18. The van der Waals surface area contributed by atoms with E-state index in [2.05, 4.69) is 20.8 Å². The average molecular weight is 516 g/mol. The van der Waals surface area contributed by atoms with Gasteiger partial charge in [0.05, 0.1) is 12.8 Å². The SMILES string of the molecule is COc1ccc(NC(=O)c2nnc(C(=O)N3CCC(CC(=O)Nc4ccc(F)cc4F)CC3)s2)cc1. The van der Waals surface area contributed by atoms with Gasteiger partial charge in [-0.2, -0.15) is 0 Å². The molecule has 1 aromatic heterocycles. The topological polar surface area (TPSA) is 114 Å². The predicted octanol–water partition coefficient (Wildman–Crippen LogP) is 3.96. The van der Waals surface area contributed by atoms with E-state index in [0.29, 0.717) is 43.4 Å². The summed E-state index contributed by atoms with van der Waals surface area (Å²) in [5.74, 6) is -2.06. The number of carbonyl (C=O) groups excluding carboxylic acids is 3. The van der Waals surface area contributed by atoms with Gasteiger partial charge in [-0.05, 0) is 55.2 Å². The van der Waals surface area contributed by atoms with Gasteiger partial charge >= 0.3 is 0 Å². The number of hydrogen-bond acceptors (Lipinski definition) is 7. The molecule has 0 spiro atoms. The number of piperidine rings is 1. The van der Waals surface area contributed by atoms with Crippen LogP contribution in [-0.2, 0) is 4.79 Å². The molecule has 0 radical (unpaired) electrons. The van der Waals surface area contributed by atoms with Gasteiger partial charge in [-0.25, -0.2) is 8.78 Å². The zero-order chi connectivity index (χ0) is 25.7. The van der Waals surface area contributed by atoms with Crippen molar-refractivity contribution < 1.29 is 27.9 Å². The first kappa shape index (κ1) is 25.2. The van der Waals surface area contributed by atoms with Crippen molar-refractivity contribution >= 4 is 40.4 Å². The Morgan fingerprint density at radius 2 is 1.72 bits per heavy atom. The molecule has 2 heterocycles. The lowest BCUT2D eigenvalue weighted by Gasteiger charge is -2.31. The lowest BCUT2D eigenvalue weighted by Crippen LogP contribution is -2.39. The van der Waals surface area contributed by atoms with Crippen LogP contribution in [0.25, 0.3) is 0 Å². The highest BCUT2D eigenvalue weighted by atomic mass is 32.1. The maximum Gasteiger partial charge on any atom is 0.286 e. The van der Waals surface area contributed by atoms with E-state index in [-0.39, 0.29) is 39.9 Å². The van der Waals surface area contributed by atoms with Crippen LogP contribution in [0.3, 0.4) is 0 Å². The molecule has 12 heteroatoms. The van der Waals surface area contributed by atoms with Crippen LogP contribution in [0.1, 0.15) is 38.9 Å². The third-order valence-electron chi connectivity index (χ3n) is 5.73. The third-order valence-corrected chi connectivity index (χ3v) is 6.64. The zero-order valence-electron chi connectivity index (χ0n) is 19.3. The molecule has 1 saturated heterocycles. The summed E-state index contributed by atoms with van der Waals surface area (Å²) < 4.78 is 31.8. The summed E-state index contributed by atoms with van der Waals surface area (Å²) in [4.78, 5) is 39.2. The Labute approximate surface area is 209 Å². The molecule has 0 saturated carbocycles. The van der Waals surface area contributed by atoms with E-state index in [1.165, 1.54) is 6.07 Å². The number of methoxy groups -OCH3 is 1. The van der Waals surface area contributed by atoms with Gasteiger partial charge in [0.1, 0.15) is 17.4 Å². The van der Waals surface area contributed by atoms with Crippen LogP contribution in [0, 0.1) is 17.6 Å². The van der Waals surface area contributed by atoms with Crippen molar-refractivity contribution in [2.75, 3.05) is 30.8 Å². The Morgan fingerprint density at radius 1 is 1.03 bits per heavy atom. The number of likely N-dealkylation sites (tertiary alicyclic amines) is 1. The summed E-state index contributed by atoms with van der Waals surface area (Å²) in [7, 11) is 1.55. The summed E-state index contributed by atoms with van der Waals surface area (Å²) >= 11 is 0.908. The number of halogens is 2. The minimum absolute atomic E-state index is 0.0119. The van der Waals surface area contributed by atoms with Crippen molar-refractivity contribution in [2.24, 2.45) is 5.92 Å². The molecule has 0 atom stereocenters. The highest BCUT2D eigenvalue weighted by Gasteiger charge is 2.28. The molecule has 2 N–H and O–H groups in total. The fourth-order valence-electron chi connectivity index (χ4n) is 3.79. The van der Waals surface area contributed by atoms with Crippen LogP contribution in [0.4, 0.5) is 20.2 Å². The van der Waals surface area contributed by atoms with Gasteiger partial charge in [0.2, 0.25) is 15.9 Å². The summed E-state index contributed by atoms with van der Waals surface area (Å²) in [5.41, 5.74) is 0.481. The smallest absolute Gasteiger partial charge is 0.286 e. The molecular formula is C24H23F2N5O4S. The van der Waals surface area contributed by atoms with Crippen LogP contribution in [0.5, 0.6) is 5.75 Å². The van der Waals surface area contributed by atoms with Gasteiger partial charge in [-0.3, -0.25) is 14.4 Å². The Kier molecular flexibility index (Phi) is 7.84. The van der Waals surface area contributed by atoms with Gasteiger partial charge < -0.3 is 20.3 Å². The molecule has 4 rings (SSSR count). The van der Waals surface area contributed by atoms with Crippen LogP contribution < -0.4 is 15.4 Å². The number of nitrogens with one attached hydrogen (secondary N) is 2. The first-order valence-electron chi connectivity index (χ1n) is 11.2. The number of hydrogen-bond donors (Lipinski definition) is 2. The quantitative estimate of drug-likeness (QED) is 0.493. The van der Waals surface area contributed by atoms with E-state index in [1.807, 2.05) is 0 Å². The summed E-state index contributed by atoms with van der Waals surface area (Å²) in [5, 5.41) is 13.1. The fraction of sp³-hybridized carbons (Fsp3) is 0.292. The lowest BCUT2D eigenvalue weighted by atomic mass is 9.93. The minimum atomic E-state index is -0.835. The highest BCUT2D eigenvalue weighted by molar-refractivity contribution is 7.15. The molecule has 1 aliphatic heterocycles. The Morgan fingerprint density at radius 3 is 2.39 bits per heavy atom. The summed E-state index contributed by atoms with van der Waals surface area (Å²) in [6.07, 6.45) is 1.32. The number of anilines is 2. The molecule has 36 heavy (non-hydrogen) atoms. The highest BCUT2D eigenvalue weighted by Crippen LogP contribution is 2.24. The molecule has 3 amide bonds. The molecule has 1 aliphatic rings. The molecule has 1 fully saturated rings. The number of aromatic nitrogens is 2. The summed E-state index contributed by atoms with van der Waals surface area (Å²) in [6.45, 7) is 0.823. The van der Waals surface area contributed by atoms with Crippen molar-refractivity contribution in [1.29, 1.82) is 0 Å². The number of benzene rings is 2. The largest absolute Gasteiger partial charge is 0.497 e. The van der Waals surface area contributed by atoms with Crippen LogP contribution in [-0.4, -0.2) is 53.0 Å². The molecule has 3 aromatic rings. The Balaban J connectivity index is 1.26. The number of nitrogens with zero attached hydrogens (tertiary/aromatic N) is 3. The first-order chi connectivity index (χ1) is 17.3. The van der Waals surface area contributed by atoms with Crippen molar-refractivity contribution in [3.63, 3.8) is 0 Å². The molecular weight excluding hydrogens is 492 g/mol. The molecule has 188 valence electrons. The van der Waals surface area contributed by atoms with Crippen molar-refractivity contribution in [3.8, 4) is 5.75 Å². The maximum absolute atomic E-state index is 13.7.